The number of carbonyl (C=O) groups excluding carboxylic acids is 3. The number of benzene rings is 1. The fourth-order valence-corrected chi connectivity index (χ4v) is 2.69. The van der Waals surface area contributed by atoms with Crippen LogP contribution in [0, 0.1) is 0 Å². The van der Waals surface area contributed by atoms with E-state index in [4.69, 9.17) is 10.5 Å². The number of hydrogen-bond acceptors (Lipinski definition) is 5. The molecule has 0 fully saturated rings. The van der Waals surface area contributed by atoms with Crippen molar-refractivity contribution >= 4 is 35.4 Å². The molecule has 1 aromatic rings. The Labute approximate surface area is 158 Å². The zero-order valence-corrected chi connectivity index (χ0v) is 16.2. The van der Waals surface area contributed by atoms with Gasteiger partial charge in [-0.3, -0.25) is 4.79 Å². The minimum Gasteiger partial charge on any atom is -0.454 e. The lowest BCUT2D eigenvalue weighted by atomic mass is 9.99. The largest absolute Gasteiger partial charge is 0.454 e. The van der Waals surface area contributed by atoms with Gasteiger partial charge in [0.25, 0.3) is 5.91 Å². The summed E-state index contributed by atoms with van der Waals surface area (Å²) in [6.07, 6.45) is 3.30. The first-order valence-corrected chi connectivity index (χ1v) is 9.88. The fourth-order valence-electron chi connectivity index (χ4n) is 2.22. The van der Waals surface area contributed by atoms with Crippen LogP contribution in [0.25, 0.3) is 0 Å². The molecule has 0 aromatic heterocycles. The molecule has 0 heterocycles. The van der Waals surface area contributed by atoms with Crippen molar-refractivity contribution in [3.63, 3.8) is 0 Å². The zero-order chi connectivity index (χ0) is 19.5. The van der Waals surface area contributed by atoms with Gasteiger partial charge in [-0.25, -0.2) is 9.59 Å². The average Bonchev–Trinajstić information content (AvgIpc) is 2.62. The van der Waals surface area contributed by atoms with Gasteiger partial charge in [0.05, 0.1) is 0 Å². The molecule has 144 valence electrons. The quantitative estimate of drug-likeness (QED) is 0.539. The van der Waals surface area contributed by atoms with E-state index >= 15 is 0 Å². The third-order valence-corrected chi connectivity index (χ3v) is 4.58. The summed E-state index contributed by atoms with van der Waals surface area (Å²) in [5.41, 5.74) is 6.89. The van der Waals surface area contributed by atoms with Crippen molar-refractivity contribution in [2.45, 2.75) is 38.6 Å². The maximum Gasteiger partial charge on any atom is 0.329 e. The van der Waals surface area contributed by atoms with Crippen molar-refractivity contribution in [3.8, 4) is 0 Å². The smallest absolute Gasteiger partial charge is 0.329 e. The lowest BCUT2D eigenvalue weighted by Crippen LogP contribution is -2.45. The molecule has 7 nitrogen and oxygen atoms in total. The summed E-state index contributed by atoms with van der Waals surface area (Å²) in [4.78, 5) is 34.9. The van der Waals surface area contributed by atoms with E-state index in [2.05, 4.69) is 24.5 Å². The summed E-state index contributed by atoms with van der Waals surface area (Å²) in [5, 5.41) is 5.00. The van der Waals surface area contributed by atoms with E-state index in [9.17, 15) is 14.4 Å². The van der Waals surface area contributed by atoms with Gasteiger partial charge in [0, 0.05) is 5.69 Å². The van der Waals surface area contributed by atoms with Crippen LogP contribution in [-0.2, 0) is 14.3 Å². The zero-order valence-electron chi connectivity index (χ0n) is 15.4. The lowest BCUT2D eigenvalue weighted by molar-refractivity contribution is -0.149. The van der Waals surface area contributed by atoms with Crippen molar-refractivity contribution in [2.24, 2.45) is 5.73 Å². The first-order valence-electron chi connectivity index (χ1n) is 8.48. The maximum atomic E-state index is 12.0. The van der Waals surface area contributed by atoms with Crippen LogP contribution in [0.15, 0.2) is 24.3 Å². The Morgan fingerprint density at radius 1 is 1.23 bits per heavy atom. The second-order valence-electron chi connectivity index (χ2n) is 5.93. The Kier molecular flexibility index (Phi) is 9.57. The number of carbonyl (C=O) groups is 3. The van der Waals surface area contributed by atoms with Crippen LogP contribution in [0.2, 0.25) is 0 Å². The van der Waals surface area contributed by atoms with Crippen molar-refractivity contribution in [1.82, 2.24) is 5.32 Å². The lowest BCUT2D eigenvalue weighted by Gasteiger charge is -2.16. The van der Waals surface area contributed by atoms with E-state index in [0.717, 1.165) is 6.42 Å². The van der Waals surface area contributed by atoms with Gasteiger partial charge in [-0.15, -0.1) is 0 Å². The van der Waals surface area contributed by atoms with Crippen LogP contribution in [-0.4, -0.2) is 42.6 Å². The van der Waals surface area contributed by atoms with Crippen LogP contribution in [0.3, 0.4) is 0 Å². The molecule has 4 N–H and O–H groups in total. The Hall–Kier alpha value is -2.22. The number of rotatable bonds is 10. The minimum absolute atomic E-state index is 0.377. The van der Waals surface area contributed by atoms with Crippen LogP contribution in [0.1, 0.15) is 38.2 Å². The summed E-state index contributed by atoms with van der Waals surface area (Å²) < 4.78 is 4.98. The Morgan fingerprint density at radius 3 is 2.42 bits per heavy atom. The Balaban J connectivity index is 2.51. The highest BCUT2D eigenvalue weighted by molar-refractivity contribution is 7.98. The molecule has 0 saturated carbocycles. The summed E-state index contributed by atoms with van der Waals surface area (Å²) >= 11 is 1.53. The second kappa shape index (κ2) is 11.4. The number of nitrogens with one attached hydrogen (secondary N) is 2. The molecule has 0 bridgehead atoms. The third kappa shape index (κ3) is 7.77. The van der Waals surface area contributed by atoms with Gasteiger partial charge in [0.15, 0.2) is 6.61 Å². The number of urea groups is 1. The number of hydrogen-bond donors (Lipinski definition) is 3. The topological polar surface area (TPSA) is 111 Å². The van der Waals surface area contributed by atoms with Gasteiger partial charge >= 0.3 is 12.0 Å². The summed E-state index contributed by atoms with van der Waals surface area (Å²) in [6.45, 7) is 3.83. The second-order valence-corrected chi connectivity index (χ2v) is 6.92. The van der Waals surface area contributed by atoms with E-state index in [-0.39, 0.29) is 0 Å². The number of thioether (sulfide) groups is 1. The van der Waals surface area contributed by atoms with Gasteiger partial charge in [0.2, 0.25) is 0 Å². The molecule has 8 heteroatoms. The predicted molar refractivity (Wildman–Crippen MR) is 104 cm³/mol. The van der Waals surface area contributed by atoms with Gasteiger partial charge in [0.1, 0.15) is 6.04 Å². The van der Waals surface area contributed by atoms with Crippen LogP contribution >= 0.6 is 11.8 Å². The molecule has 3 amide bonds. The SMILES string of the molecule is CC[C@H](C)c1ccc(NC(=O)COC(=O)[C@@H](CCSC)NC(N)=O)cc1. The minimum atomic E-state index is -0.859. The number of ether oxygens (including phenoxy) is 1. The summed E-state index contributed by atoms with van der Waals surface area (Å²) in [5.74, 6) is -0.0245. The van der Waals surface area contributed by atoms with E-state index < -0.39 is 30.6 Å². The van der Waals surface area contributed by atoms with Crippen LogP contribution in [0.5, 0.6) is 0 Å². The molecule has 1 rings (SSSR count). The molecule has 0 aliphatic rings. The molecule has 0 aliphatic carbocycles. The number of amides is 3. The number of primary amides is 1. The first kappa shape index (κ1) is 21.8. The van der Waals surface area contributed by atoms with Gasteiger partial charge in [-0.1, -0.05) is 26.0 Å². The van der Waals surface area contributed by atoms with Gasteiger partial charge in [-0.2, -0.15) is 11.8 Å². The normalized spacial score (nSPS) is 12.7. The highest BCUT2D eigenvalue weighted by Gasteiger charge is 2.21. The molecule has 0 spiro atoms. The standard InChI is InChI=1S/C18H27N3O4S/c1-4-12(2)13-5-7-14(8-6-13)20-16(22)11-25-17(23)15(9-10-26-3)21-18(19)24/h5-8,12,15H,4,9-11H2,1-3H3,(H,20,22)(H3,19,21,24)/t12-,15+/m0/s1. The fraction of sp³-hybridized carbons (Fsp3) is 0.500. The molecule has 26 heavy (non-hydrogen) atoms. The first-order chi connectivity index (χ1) is 12.4. The molecule has 0 unspecified atom stereocenters. The Bertz CT molecular complexity index is 607. The maximum absolute atomic E-state index is 12.0. The third-order valence-electron chi connectivity index (χ3n) is 3.93. The number of nitrogens with two attached hydrogens (primary N) is 1. The van der Waals surface area contributed by atoms with Gasteiger partial charge < -0.3 is 21.1 Å². The number of esters is 1. The van der Waals surface area contributed by atoms with Gasteiger partial charge in [-0.05, 0) is 48.5 Å². The highest BCUT2D eigenvalue weighted by atomic mass is 32.2. The summed E-state index contributed by atoms with van der Waals surface area (Å²) in [6, 6.07) is 5.89. The molecule has 0 saturated heterocycles. The summed E-state index contributed by atoms with van der Waals surface area (Å²) in [7, 11) is 0. The predicted octanol–water partition coefficient (Wildman–Crippen LogP) is 2.47. The van der Waals surface area contributed by atoms with Crippen molar-refractivity contribution in [3.05, 3.63) is 29.8 Å². The molecule has 0 radical (unpaired) electrons. The van der Waals surface area contributed by atoms with Crippen LogP contribution < -0.4 is 16.4 Å². The number of anilines is 1. The molecular weight excluding hydrogens is 354 g/mol. The van der Waals surface area contributed by atoms with E-state index in [1.807, 2.05) is 30.5 Å². The molecule has 0 aliphatic heterocycles. The average molecular weight is 381 g/mol. The highest BCUT2D eigenvalue weighted by Crippen LogP contribution is 2.20. The molecular formula is C18H27N3O4S. The van der Waals surface area contributed by atoms with E-state index in [1.54, 1.807) is 0 Å². The van der Waals surface area contributed by atoms with Crippen molar-refractivity contribution in [1.29, 1.82) is 0 Å². The monoisotopic (exact) mass is 381 g/mol. The Morgan fingerprint density at radius 2 is 1.88 bits per heavy atom. The van der Waals surface area contributed by atoms with Crippen molar-refractivity contribution < 1.29 is 19.1 Å². The van der Waals surface area contributed by atoms with Crippen molar-refractivity contribution in [2.75, 3.05) is 23.9 Å². The van der Waals surface area contributed by atoms with Crippen LogP contribution in [0.4, 0.5) is 10.5 Å². The van der Waals surface area contributed by atoms with E-state index in [0.29, 0.717) is 23.8 Å². The molecule has 1 aromatic carbocycles. The molecule has 2 atom stereocenters. The van der Waals surface area contributed by atoms with E-state index in [1.165, 1.54) is 17.3 Å².